The van der Waals surface area contributed by atoms with E-state index in [0.717, 1.165) is 0 Å². The summed E-state index contributed by atoms with van der Waals surface area (Å²) in [5.41, 5.74) is 1.08. The van der Waals surface area contributed by atoms with Gasteiger partial charge in [-0.25, -0.2) is 0 Å². The van der Waals surface area contributed by atoms with Gasteiger partial charge in [-0.1, -0.05) is 12.1 Å². The molecule has 0 aromatic heterocycles. The van der Waals surface area contributed by atoms with Crippen LogP contribution in [0.15, 0.2) is 24.3 Å². The molecule has 0 heterocycles. The third-order valence-corrected chi connectivity index (χ3v) is 2.51. The van der Waals surface area contributed by atoms with Crippen molar-refractivity contribution < 1.29 is 19.4 Å². The lowest BCUT2D eigenvalue weighted by Gasteiger charge is -2.15. The first-order valence-corrected chi connectivity index (χ1v) is 5.38. The van der Waals surface area contributed by atoms with Crippen LogP contribution in [-0.4, -0.2) is 31.4 Å². The molecule has 1 atom stereocenters. The molecule has 1 aromatic carbocycles. The second-order valence-electron chi connectivity index (χ2n) is 3.72. The number of aliphatic hydroxyl groups excluding tert-OH is 1. The number of nitriles is 1. The predicted octanol–water partition coefficient (Wildman–Crippen LogP) is 1.17. The van der Waals surface area contributed by atoms with Gasteiger partial charge in [0, 0.05) is 20.6 Å². The van der Waals surface area contributed by atoms with Crippen LogP contribution >= 0.6 is 0 Å². The molecule has 0 amide bonds. The molecule has 1 N–H and O–H groups in total. The quantitative estimate of drug-likeness (QED) is 0.765. The average Bonchev–Trinajstić information content (AvgIpc) is 2.40. The Labute approximate surface area is 106 Å². The van der Waals surface area contributed by atoms with Crippen molar-refractivity contribution in [3.8, 4) is 6.07 Å². The third-order valence-electron chi connectivity index (χ3n) is 2.51. The molecular formula is C13H15NO4. The Hall–Kier alpha value is -1.74. The number of hydrogen-bond donors (Lipinski definition) is 1. The van der Waals surface area contributed by atoms with Gasteiger partial charge in [0.25, 0.3) is 0 Å². The van der Waals surface area contributed by atoms with E-state index in [0.29, 0.717) is 11.1 Å². The summed E-state index contributed by atoms with van der Waals surface area (Å²) < 4.78 is 9.62. The molecule has 0 radical (unpaired) electrons. The van der Waals surface area contributed by atoms with Crippen molar-refractivity contribution in [1.29, 1.82) is 5.26 Å². The number of hydrogen-bond acceptors (Lipinski definition) is 5. The smallest absolute Gasteiger partial charge is 0.217 e. The SMILES string of the molecule is COC(OC)C(=O)C[C@H](O)c1ccc(C#N)cc1. The van der Waals surface area contributed by atoms with Crippen molar-refractivity contribution >= 4 is 5.78 Å². The molecule has 0 bridgehead atoms. The number of ether oxygens (including phenoxy) is 2. The minimum atomic E-state index is -0.960. The Morgan fingerprint density at radius 2 is 1.89 bits per heavy atom. The van der Waals surface area contributed by atoms with Gasteiger partial charge in [0.1, 0.15) is 0 Å². The average molecular weight is 249 g/mol. The maximum absolute atomic E-state index is 11.6. The molecule has 0 fully saturated rings. The standard InChI is InChI=1S/C13H15NO4/c1-17-13(18-2)12(16)7-11(15)10-5-3-9(8-14)4-6-10/h3-6,11,13,15H,7H2,1-2H3/t11-/m0/s1. The molecule has 5 heteroatoms. The summed E-state index contributed by atoms with van der Waals surface area (Å²) in [6.45, 7) is 0. The monoisotopic (exact) mass is 249 g/mol. The lowest BCUT2D eigenvalue weighted by Crippen LogP contribution is -2.26. The highest BCUT2D eigenvalue weighted by atomic mass is 16.7. The van der Waals surface area contributed by atoms with Gasteiger partial charge in [-0.05, 0) is 17.7 Å². The summed E-state index contributed by atoms with van der Waals surface area (Å²) in [6, 6.07) is 8.40. The molecule has 0 saturated heterocycles. The van der Waals surface area contributed by atoms with E-state index in [9.17, 15) is 9.90 Å². The van der Waals surface area contributed by atoms with Crippen molar-refractivity contribution in [3.05, 3.63) is 35.4 Å². The maximum atomic E-state index is 11.6. The molecular weight excluding hydrogens is 234 g/mol. The molecule has 96 valence electrons. The number of ketones is 1. The zero-order valence-corrected chi connectivity index (χ0v) is 10.3. The number of nitrogens with zero attached hydrogens (tertiary/aromatic N) is 1. The van der Waals surface area contributed by atoms with Crippen LogP contribution < -0.4 is 0 Å². The Bertz CT molecular complexity index is 431. The minimum absolute atomic E-state index is 0.0990. The van der Waals surface area contributed by atoms with E-state index in [4.69, 9.17) is 14.7 Å². The van der Waals surface area contributed by atoms with Gasteiger partial charge in [-0.3, -0.25) is 4.79 Å². The molecule has 1 aromatic rings. The van der Waals surface area contributed by atoms with Crippen molar-refractivity contribution in [2.75, 3.05) is 14.2 Å². The Balaban J connectivity index is 2.67. The highest BCUT2D eigenvalue weighted by Crippen LogP contribution is 2.18. The fourth-order valence-electron chi connectivity index (χ4n) is 1.54. The molecule has 5 nitrogen and oxygen atoms in total. The van der Waals surface area contributed by atoms with E-state index < -0.39 is 12.4 Å². The van der Waals surface area contributed by atoms with E-state index in [2.05, 4.69) is 0 Å². The Morgan fingerprint density at radius 3 is 2.33 bits per heavy atom. The number of carbonyl (C=O) groups excluding carboxylic acids is 1. The molecule has 0 unspecified atom stereocenters. The van der Waals surface area contributed by atoms with Crippen LogP contribution in [0.4, 0.5) is 0 Å². The zero-order valence-electron chi connectivity index (χ0n) is 10.3. The van der Waals surface area contributed by atoms with Gasteiger partial charge < -0.3 is 14.6 Å². The van der Waals surface area contributed by atoms with E-state index in [-0.39, 0.29) is 12.2 Å². The van der Waals surface area contributed by atoms with Gasteiger partial charge >= 0.3 is 0 Å². The molecule has 0 spiro atoms. The number of carbonyl (C=O) groups is 1. The van der Waals surface area contributed by atoms with Gasteiger partial charge in [-0.2, -0.15) is 5.26 Å². The normalized spacial score (nSPS) is 12.2. The summed E-state index contributed by atoms with van der Waals surface area (Å²) in [4.78, 5) is 11.6. The summed E-state index contributed by atoms with van der Waals surface area (Å²) in [7, 11) is 2.72. The molecule has 1 rings (SSSR count). The maximum Gasteiger partial charge on any atom is 0.217 e. The van der Waals surface area contributed by atoms with Crippen LogP contribution in [0.3, 0.4) is 0 Å². The number of methoxy groups -OCH3 is 2. The van der Waals surface area contributed by atoms with Gasteiger partial charge in [0.05, 0.1) is 17.7 Å². The number of benzene rings is 1. The first-order chi connectivity index (χ1) is 8.62. The molecule has 0 aliphatic heterocycles. The highest BCUT2D eigenvalue weighted by molar-refractivity contribution is 5.82. The van der Waals surface area contributed by atoms with Crippen LogP contribution in [0, 0.1) is 11.3 Å². The lowest BCUT2D eigenvalue weighted by atomic mass is 10.0. The van der Waals surface area contributed by atoms with Gasteiger partial charge in [-0.15, -0.1) is 0 Å². The first kappa shape index (κ1) is 14.3. The fourth-order valence-corrected chi connectivity index (χ4v) is 1.54. The van der Waals surface area contributed by atoms with E-state index in [1.165, 1.54) is 14.2 Å². The molecule has 0 saturated carbocycles. The zero-order chi connectivity index (χ0) is 13.5. The van der Waals surface area contributed by atoms with Crippen LogP contribution in [0.2, 0.25) is 0 Å². The minimum Gasteiger partial charge on any atom is -0.388 e. The van der Waals surface area contributed by atoms with Crippen molar-refractivity contribution in [2.24, 2.45) is 0 Å². The van der Waals surface area contributed by atoms with E-state index >= 15 is 0 Å². The summed E-state index contributed by atoms with van der Waals surface area (Å²) in [5.74, 6) is -0.336. The first-order valence-electron chi connectivity index (χ1n) is 5.38. The van der Waals surface area contributed by atoms with E-state index in [1.54, 1.807) is 24.3 Å². The van der Waals surface area contributed by atoms with E-state index in [1.807, 2.05) is 6.07 Å². The number of Topliss-reactive ketones (excluding diaryl/α,β-unsaturated/α-hetero) is 1. The number of rotatable bonds is 6. The second-order valence-corrected chi connectivity index (χ2v) is 3.72. The molecule has 0 aliphatic carbocycles. The third kappa shape index (κ3) is 3.64. The predicted molar refractivity (Wildman–Crippen MR) is 63.5 cm³/mol. The summed E-state index contributed by atoms with van der Waals surface area (Å²) in [6.07, 6.45) is -1.99. The van der Waals surface area contributed by atoms with Gasteiger partial charge in [0.15, 0.2) is 5.78 Å². The second kappa shape index (κ2) is 6.87. The van der Waals surface area contributed by atoms with Crippen molar-refractivity contribution in [1.82, 2.24) is 0 Å². The van der Waals surface area contributed by atoms with Crippen molar-refractivity contribution in [3.63, 3.8) is 0 Å². The number of aliphatic hydroxyl groups is 1. The Morgan fingerprint density at radius 1 is 1.33 bits per heavy atom. The molecule has 0 aliphatic rings. The molecule has 18 heavy (non-hydrogen) atoms. The highest BCUT2D eigenvalue weighted by Gasteiger charge is 2.21. The van der Waals surface area contributed by atoms with Crippen LogP contribution in [0.5, 0.6) is 0 Å². The fraction of sp³-hybridized carbons (Fsp3) is 0.385. The lowest BCUT2D eigenvalue weighted by molar-refractivity contribution is -0.158. The van der Waals surface area contributed by atoms with Crippen molar-refractivity contribution in [2.45, 2.75) is 18.8 Å². The topological polar surface area (TPSA) is 79.6 Å². The summed E-state index contributed by atoms with van der Waals surface area (Å²) >= 11 is 0. The van der Waals surface area contributed by atoms with Gasteiger partial charge in [0.2, 0.25) is 6.29 Å². The van der Waals surface area contributed by atoms with Crippen LogP contribution in [0.25, 0.3) is 0 Å². The Kier molecular flexibility index (Phi) is 5.46. The van der Waals surface area contributed by atoms with Crippen LogP contribution in [0.1, 0.15) is 23.7 Å². The largest absolute Gasteiger partial charge is 0.388 e. The summed E-state index contributed by atoms with van der Waals surface area (Å²) in [5, 5.41) is 18.5. The van der Waals surface area contributed by atoms with Crippen LogP contribution in [-0.2, 0) is 14.3 Å².